The van der Waals surface area contributed by atoms with E-state index in [2.05, 4.69) is 25.6 Å². The SMILES string of the molecule is Cc1cc(C)nc(Nc2nc(C(=O)NC3CC3)cs2)n1. The average Bonchev–Trinajstić information content (AvgIpc) is 3.04. The van der Waals surface area contributed by atoms with Crippen molar-refractivity contribution in [3.8, 4) is 0 Å². The third-order valence-corrected chi connectivity index (χ3v) is 3.61. The van der Waals surface area contributed by atoms with E-state index in [4.69, 9.17) is 0 Å². The molecule has 1 aliphatic rings. The molecule has 0 bridgehead atoms. The second-order valence-corrected chi connectivity index (χ2v) is 5.74. The van der Waals surface area contributed by atoms with Crippen LogP contribution in [0.5, 0.6) is 0 Å². The number of amides is 1. The number of anilines is 2. The highest BCUT2D eigenvalue weighted by Gasteiger charge is 2.24. The molecule has 1 fully saturated rings. The molecule has 0 aromatic carbocycles. The summed E-state index contributed by atoms with van der Waals surface area (Å²) < 4.78 is 0. The maximum Gasteiger partial charge on any atom is 0.271 e. The maximum absolute atomic E-state index is 11.8. The first-order valence-corrected chi connectivity index (χ1v) is 7.34. The van der Waals surface area contributed by atoms with Crippen LogP contribution in [0.2, 0.25) is 0 Å². The molecular weight excluding hydrogens is 274 g/mol. The van der Waals surface area contributed by atoms with Gasteiger partial charge in [-0.05, 0) is 32.8 Å². The molecule has 0 atom stereocenters. The second-order valence-electron chi connectivity index (χ2n) is 4.88. The van der Waals surface area contributed by atoms with E-state index in [0.717, 1.165) is 24.2 Å². The molecule has 2 N–H and O–H groups in total. The molecule has 7 heteroatoms. The fourth-order valence-corrected chi connectivity index (χ4v) is 2.48. The smallest absolute Gasteiger partial charge is 0.271 e. The maximum atomic E-state index is 11.8. The molecule has 1 amide bonds. The lowest BCUT2D eigenvalue weighted by atomic mass is 10.4. The topological polar surface area (TPSA) is 79.8 Å². The molecule has 0 saturated heterocycles. The Hall–Kier alpha value is -2.02. The molecule has 2 aromatic heterocycles. The lowest BCUT2D eigenvalue weighted by Gasteiger charge is -2.03. The molecule has 1 saturated carbocycles. The Morgan fingerprint density at radius 3 is 2.60 bits per heavy atom. The fourth-order valence-electron chi connectivity index (χ4n) is 1.80. The van der Waals surface area contributed by atoms with Crippen molar-refractivity contribution < 1.29 is 4.79 Å². The number of rotatable bonds is 4. The highest BCUT2D eigenvalue weighted by atomic mass is 32.1. The Kier molecular flexibility index (Phi) is 3.35. The van der Waals surface area contributed by atoms with Gasteiger partial charge in [-0.1, -0.05) is 0 Å². The predicted octanol–water partition coefficient (Wildman–Crippen LogP) is 2.19. The van der Waals surface area contributed by atoms with Gasteiger partial charge in [0.1, 0.15) is 5.69 Å². The van der Waals surface area contributed by atoms with Crippen molar-refractivity contribution in [1.82, 2.24) is 20.3 Å². The minimum Gasteiger partial charge on any atom is -0.348 e. The summed E-state index contributed by atoms with van der Waals surface area (Å²) in [7, 11) is 0. The Bertz CT molecular complexity index is 630. The van der Waals surface area contributed by atoms with Gasteiger partial charge in [0.25, 0.3) is 5.91 Å². The van der Waals surface area contributed by atoms with Gasteiger partial charge in [0.05, 0.1) is 0 Å². The molecule has 0 radical (unpaired) electrons. The van der Waals surface area contributed by atoms with E-state index in [0.29, 0.717) is 22.8 Å². The van der Waals surface area contributed by atoms with E-state index in [1.807, 2.05) is 19.9 Å². The molecule has 3 rings (SSSR count). The fraction of sp³-hybridized carbons (Fsp3) is 0.385. The summed E-state index contributed by atoms with van der Waals surface area (Å²) in [5.41, 5.74) is 2.22. The van der Waals surface area contributed by atoms with Gasteiger partial charge in [-0.15, -0.1) is 11.3 Å². The van der Waals surface area contributed by atoms with E-state index in [-0.39, 0.29) is 5.91 Å². The highest BCUT2D eigenvalue weighted by molar-refractivity contribution is 7.14. The number of hydrogen-bond donors (Lipinski definition) is 2. The van der Waals surface area contributed by atoms with Crippen LogP contribution in [0.4, 0.5) is 11.1 Å². The molecule has 0 aliphatic heterocycles. The van der Waals surface area contributed by atoms with Crippen molar-refractivity contribution in [1.29, 1.82) is 0 Å². The molecular formula is C13H15N5OS. The van der Waals surface area contributed by atoms with Gasteiger partial charge in [-0.2, -0.15) is 0 Å². The van der Waals surface area contributed by atoms with E-state index in [1.165, 1.54) is 11.3 Å². The molecule has 104 valence electrons. The first-order valence-electron chi connectivity index (χ1n) is 6.46. The van der Waals surface area contributed by atoms with Crippen molar-refractivity contribution in [3.63, 3.8) is 0 Å². The van der Waals surface area contributed by atoms with Crippen molar-refractivity contribution in [3.05, 3.63) is 28.5 Å². The zero-order chi connectivity index (χ0) is 14.1. The minimum absolute atomic E-state index is 0.113. The molecule has 2 heterocycles. The lowest BCUT2D eigenvalue weighted by molar-refractivity contribution is 0.0947. The number of carbonyl (C=O) groups excluding carboxylic acids is 1. The quantitative estimate of drug-likeness (QED) is 0.902. The lowest BCUT2D eigenvalue weighted by Crippen LogP contribution is -2.25. The van der Waals surface area contributed by atoms with Crippen molar-refractivity contribution in [2.24, 2.45) is 0 Å². The number of hydrogen-bond acceptors (Lipinski definition) is 6. The summed E-state index contributed by atoms with van der Waals surface area (Å²) >= 11 is 1.37. The Balaban J connectivity index is 1.71. The van der Waals surface area contributed by atoms with Crippen LogP contribution < -0.4 is 10.6 Å². The van der Waals surface area contributed by atoms with Crippen LogP contribution >= 0.6 is 11.3 Å². The Morgan fingerprint density at radius 2 is 1.95 bits per heavy atom. The highest BCUT2D eigenvalue weighted by Crippen LogP contribution is 2.22. The van der Waals surface area contributed by atoms with Crippen LogP contribution in [0.3, 0.4) is 0 Å². The molecule has 2 aromatic rings. The van der Waals surface area contributed by atoms with E-state index in [9.17, 15) is 4.79 Å². The van der Waals surface area contributed by atoms with Gasteiger partial charge >= 0.3 is 0 Å². The number of carbonyl (C=O) groups is 1. The second kappa shape index (κ2) is 5.16. The molecule has 0 unspecified atom stereocenters. The summed E-state index contributed by atoms with van der Waals surface area (Å²) in [6, 6.07) is 2.24. The van der Waals surface area contributed by atoms with E-state index in [1.54, 1.807) is 5.38 Å². The summed E-state index contributed by atoms with van der Waals surface area (Å²) in [5.74, 6) is 0.393. The normalized spacial score (nSPS) is 14.1. The third-order valence-electron chi connectivity index (χ3n) is 2.85. The number of thiazole rings is 1. The van der Waals surface area contributed by atoms with E-state index >= 15 is 0 Å². The van der Waals surface area contributed by atoms with Gasteiger partial charge < -0.3 is 10.6 Å². The van der Waals surface area contributed by atoms with Gasteiger partial charge in [-0.3, -0.25) is 4.79 Å². The van der Waals surface area contributed by atoms with Crippen LogP contribution in [-0.2, 0) is 0 Å². The minimum atomic E-state index is -0.113. The van der Waals surface area contributed by atoms with E-state index < -0.39 is 0 Å². The molecule has 1 aliphatic carbocycles. The molecule has 20 heavy (non-hydrogen) atoms. The average molecular weight is 289 g/mol. The Morgan fingerprint density at radius 1 is 1.25 bits per heavy atom. The summed E-state index contributed by atoms with van der Waals surface area (Å²) in [6.45, 7) is 3.83. The third kappa shape index (κ3) is 3.11. The monoisotopic (exact) mass is 289 g/mol. The zero-order valence-electron chi connectivity index (χ0n) is 11.3. The van der Waals surface area contributed by atoms with Crippen LogP contribution in [0.1, 0.15) is 34.7 Å². The van der Waals surface area contributed by atoms with Gasteiger partial charge in [-0.25, -0.2) is 15.0 Å². The summed E-state index contributed by atoms with van der Waals surface area (Å²) in [6.07, 6.45) is 2.13. The number of aromatic nitrogens is 3. The van der Waals surface area contributed by atoms with Crippen LogP contribution in [0.25, 0.3) is 0 Å². The first kappa shape index (κ1) is 13.0. The first-order chi connectivity index (χ1) is 9.60. The van der Waals surface area contributed by atoms with Gasteiger partial charge in [0, 0.05) is 22.8 Å². The summed E-state index contributed by atoms with van der Waals surface area (Å²) in [4.78, 5) is 24.7. The number of nitrogens with one attached hydrogen (secondary N) is 2. The van der Waals surface area contributed by atoms with Crippen LogP contribution in [0.15, 0.2) is 11.4 Å². The van der Waals surface area contributed by atoms with Gasteiger partial charge in [0.2, 0.25) is 5.95 Å². The Labute approximate surface area is 120 Å². The van der Waals surface area contributed by atoms with Crippen LogP contribution in [-0.4, -0.2) is 26.9 Å². The standard InChI is InChI=1S/C13H15N5OS/c1-7-5-8(2)15-12(14-7)18-13-17-10(6-20-13)11(19)16-9-3-4-9/h5-6,9H,3-4H2,1-2H3,(H,16,19)(H,14,15,17,18). The van der Waals surface area contributed by atoms with Crippen LogP contribution in [0, 0.1) is 13.8 Å². The number of aryl methyl sites for hydroxylation is 2. The van der Waals surface area contributed by atoms with Crippen molar-refractivity contribution >= 4 is 28.3 Å². The largest absolute Gasteiger partial charge is 0.348 e. The predicted molar refractivity (Wildman–Crippen MR) is 77.4 cm³/mol. The molecule has 0 spiro atoms. The molecule has 6 nitrogen and oxygen atoms in total. The summed E-state index contributed by atoms with van der Waals surface area (Å²) in [5, 5.41) is 8.31. The zero-order valence-corrected chi connectivity index (χ0v) is 12.1. The van der Waals surface area contributed by atoms with Crippen molar-refractivity contribution in [2.45, 2.75) is 32.7 Å². The van der Waals surface area contributed by atoms with Gasteiger partial charge in [0.15, 0.2) is 5.13 Å². The number of nitrogens with zero attached hydrogens (tertiary/aromatic N) is 3. The van der Waals surface area contributed by atoms with Crippen molar-refractivity contribution in [2.75, 3.05) is 5.32 Å².